The smallest absolute Gasteiger partial charge is 0.273 e. The van der Waals surface area contributed by atoms with E-state index < -0.39 is 29.0 Å². The lowest BCUT2D eigenvalue weighted by molar-refractivity contribution is -0.150. The topological polar surface area (TPSA) is 131 Å². The van der Waals surface area contributed by atoms with Crippen molar-refractivity contribution >= 4 is 45.6 Å². The van der Waals surface area contributed by atoms with Crippen molar-refractivity contribution in [3.63, 3.8) is 0 Å². The number of aromatic nitrogens is 3. The molecule has 0 bridgehead atoms. The third kappa shape index (κ3) is 5.64. The summed E-state index contributed by atoms with van der Waals surface area (Å²) < 4.78 is 34.3. The van der Waals surface area contributed by atoms with E-state index in [1.165, 1.54) is 54.6 Å². The summed E-state index contributed by atoms with van der Waals surface area (Å²) in [6, 6.07) is 10.3. The van der Waals surface area contributed by atoms with Gasteiger partial charge >= 0.3 is 0 Å². The van der Waals surface area contributed by atoms with E-state index in [0.29, 0.717) is 42.4 Å². The van der Waals surface area contributed by atoms with Gasteiger partial charge in [-0.25, -0.2) is 23.3 Å². The van der Waals surface area contributed by atoms with Gasteiger partial charge in [0.25, 0.3) is 17.4 Å². The molecule has 0 atom stereocenters. The number of ether oxygens (including phenoxy) is 1. The summed E-state index contributed by atoms with van der Waals surface area (Å²) in [7, 11) is 0. The number of carbonyl (C=O) groups is 2. The highest BCUT2D eigenvalue weighted by atomic mass is 19.1. The van der Waals surface area contributed by atoms with Crippen molar-refractivity contribution in [3.8, 4) is 0 Å². The number of hydrogen-bond acceptors (Lipinski definition) is 8. The molecule has 4 aromatic rings. The van der Waals surface area contributed by atoms with Gasteiger partial charge in [0.2, 0.25) is 0 Å². The molecule has 2 aromatic carbocycles. The number of carbonyl (C=O) groups excluding carboxylic acids is 2. The maximum atomic E-state index is 13.7. The van der Waals surface area contributed by atoms with Crippen LogP contribution in [0.15, 0.2) is 67.0 Å². The monoisotopic (exact) mass is 589 g/mol. The fourth-order valence-corrected chi connectivity index (χ4v) is 5.04. The number of hydrogen-bond donors (Lipinski definition) is 4. The van der Waals surface area contributed by atoms with Crippen LogP contribution in [0.3, 0.4) is 0 Å². The predicted octanol–water partition coefficient (Wildman–Crippen LogP) is 4.21. The van der Waals surface area contributed by atoms with Crippen molar-refractivity contribution in [1.29, 1.82) is 0 Å². The van der Waals surface area contributed by atoms with Crippen LogP contribution in [0.2, 0.25) is 0 Å². The van der Waals surface area contributed by atoms with Crippen LogP contribution in [0, 0.1) is 11.6 Å². The Morgan fingerprint density at radius 3 is 2.16 bits per heavy atom. The molecule has 2 aromatic heterocycles. The molecule has 222 valence electrons. The molecule has 0 unspecified atom stereocenters. The van der Waals surface area contributed by atoms with E-state index in [1.54, 1.807) is 17.1 Å². The largest absolute Gasteiger partial charge is 0.381 e. The van der Waals surface area contributed by atoms with Gasteiger partial charge in [-0.05, 0) is 74.4 Å². The molecule has 0 radical (unpaired) electrons. The van der Waals surface area contributed by atoms with E-state index in [2.05, 4.69) is 31.5 Å². The Balaban J connectivity index is 1.41. The Morgan fingerprint density at radius 1 is 0.977 bits per heavy atom. The lowest BCUT2D eigenvalue weighted by Crippen LogP contribution is -2.52. The maximum absolute atomic E-state index is 13.7. The molecule has 43 heavy (non-hydrogen) atoms. The Kier molecular flexibility index (Phi) is 7.74. The fourth-order valence-electron chi connectivity index (χ4n) is 5.04. The molecule has 1 fully saturated rings. The summed E-state index contributed by atoms with van der Waals surface area (Å²) in [4.78, 5) is 37.9. The molecule has 2 aliphatic rings. The van der Waals surface area contributed by atoms with Crippen LogP contribution in [0.25, 0.3) is 16.7 Å². The van der Waals surface area contributed by atoms with Crippen molar-refractivity contribution in [1.82, 2.24) is 20.2 Å². The molecule has 0 aliphatic carbocycles. The van der Waals surface area contributed by atoms with Crippen LogP contribution >= 0.6 is 0 Å². The average molecular weight is 590 g/mol. The van der Waals surface area contributed by atoms with Crippen LogP contribution in [0.5, 0.6) is 0 Å². The second kappa shape index (κ2) is 11.8. The highest BCUT2D eigenvalue weighted by Crippen LogP contribution is 2.36. The third-order valence-electron chi connectivity index (χ3n) is 7.37. The van der Waals surface area contributed by atoms with Gasteiger partial charge in [-0.1, -0.05) is 0 Å². The zero-order chi connectivity index (χ0) is 30.0. The van der Waals surface area contributed by atoms with Crippen LogP contribution in [0.1, 0.15) is 25.3 Å². The molecule has 13 heteroatoms. The maximum Gasteiger partial charge on any atom is 0.273 e. The number of aryl methyl sites for hydroxylation is 1. The minimum absolute atomic E-state index is 0.110. The molecule has 2 amide bonds. The highest BCUT2D eigenvalue weighted by Gasteiger charge is 2.51. The van der Waals surface area contributed by atoms with Gasteiger partial charge in [-0.15, -0.1) is 0 Å². The number of benzene rings is 2. The Labute approximate surface area is 245 Å². The van der Waals surface area contributed by atoms with E-state index in [1.807, 2.05) is 6.92 Å². The Morgan fingerprint density at radius 2 is 1.58 bits per heavy atom. The second-order valence-corrected chi connectivity index (χ2v) is 10.2. The molecule has 11 nitrogen and oxygen atoms in total. The summed E-state index contributed by atoms with van der Waals surface area (Å²) in [6.45, 7) is 3.83. The normalized spacial score (nSPS) is 16.4. The van der Waals surface area contributed by atoms with E-state index in [9.17, 15) is 18.4 Å². The van der Waals surface area contributed by atoms with Crippen LogP contribution in [-0.2, 0) is 25.7 Å². The number of halogens is 2. The minimum atomic E-state index is -2.21. The summed E-state index contributed by atoms with van der Waals surface area (Å²) in [6.07, 6.45) is 6.30. The number of nitrogens with zero attached hydrogens (tertiary/aromatic N) is 3. The molecule has 6 rings (SSSR count). The molecule has 4 N–H and O–H groups in total. The number of amides is 2. The first-order valence-electron chi connectivity index (χ1n) is 13.9. The molecule has 4 heterocycles. The van der Waals surface area contributed by atoms with Crippen LogP contribution in [-0.4, -0.2) is 51.4 Å². The summed E-state index contributed by atoms with van der Waals surface area (Å²) in [5.41, 5.74) is 3.32. The number of rotatable bonds is 8. The van der Waals surface area contributed by atoms with Gasteiger partial charge in [0.15, 0.2) is 5.65 Å². The van der Waals surface area contributed by atoms with E-state index >= 15 is 0 Å². The molecule has 2 aliphatic heterocycles. The first kappa shape index (κ1) is 28.2. The van der Waals surface area contributed by atoms with Crippen molar-refractivity contribution in [2.75, 3.05) is 29.2 Å². The quantitative estimate of drug-likeness (QED) is 0.225. The summed E-state index contributed by atoms with van der Waals surface area (Å²) >= 11 is 0. The first-order valence-corrected chi connectivity index (χ1v) is 13.9. The van der Waals surface area contributed by atoms with Gasteiger partial charge in [-0.3, -0.25) is 15.1 Å². The zero-order valence-electron chi connectivity index (χ0n) is 23.2. The Bertz CT molecular complexity index is 1620. The SMILES string of the molecule is CCn1ncc2c(NC3CCOCC3)c(C3=CC(C(=O)Nc4ccc(F)cc4)(C(=O)Nc4ccc(F)cc4)ON3)cnc21. The molecule has 1 saturated heterocycles. The van der Waals surface area contributed by atoms with Gasteiger partial charge < -0.3 is 20.7 Å². The lowest BCUT2D eigenvalue weighted by atomic mass is 9.97. The van der Waals surface area contributed by atoms with Gasteiger partial charge in [-0.2, -0.15) is 5.10 Å². The fraction of sp³-hybridized carbons (Fsp3) is 0.267. The molecular formula is C30H29F2N7O4. The van der Waals surface area contributed by atoms with Crippen LogP contribution < -0.4 is 21.4 Å². The second-order valence-electron chi connectivity index (χ2n) is 10.2. The van der Waals surface area contributed by atoms with Gasteiger partial charge in [0.05, 0.1) is 23.0 Å². The molecule has 0 spiro atoms. The van der Waals surface area contributed by atoms with Crippen molar-refractivity contribution < 1.29 is 27.9 Å². The number of anilines is 3. The third-order valence-corrected chi connectivity index (χ3v) is 7.37. The predicted molar refractivity (Wildman–Crippen MR) is 156 cm³/mol. The van der Waals surface area contributed by atoms with E-state index in [4.69, 9.17) is 9.57 Å². The Hall–Kier alpha value is -4.88. The first-order chi connectivity index (χ1) is 20.9. The standard InChI is InChI=1S/C30H29F2N7O4/c1-2-39-27-24(17-34-39)26(35-22-11-13-42-14-12-22)23(16-33-27)25-15-30(43-38-25,28(40)36-20-7-3-18(31)4-8-20)29(41)37-21-9-5-19(32)6-10-21/h3-10,15-17,22,38H,2,11-14H2,1H3,(H,33,35)(H,36,40)(H,37,41). The molecule has 0 saturated carbocycles. The zero-order valence-corrected chi connectivity index (χ0v) is 23.2. The lowest BCUT2D eigenvalue weighted by Gasteiger charge is -2.25. The average Bonchev–Trinajstić information content (AvgIpc) is 3.66. The van der Waals surface area contributed by atoms with Gasteiger partial charge in [0.1, 0.15) is 11.6 Å². The summed E-state index contributed by atoms with van der Waals surface area (Å²) in [5, 5.41) is 14.1. The van der Waals surface area contributed by atoms with Crippen molar-refractivity contribution in [2.24, 2.45) is 0 Å². The minimum Gasteiger partial charge on any atom is -0.381 e. The van der Waals surface area contributed by atoms with Crippen molar-refractivity contribution in [2.45, 2.75) is 38.0 Å². The van der Waals surface area contributed by atoms with Crippen LogP contribution in [0.4, 0.5) is 25.8 Å². The van der Waals surface area contributed by atoms with E-state index in [-0.39, 0.29) is 17.4 Å². The number of fused-ring (bicyclic) bond motifs is 1. The van der Waals surface area contributed by atoms with Crippen molar-refractivity contribution in [3.05, 3.63) is 84.2 Å². The van der Waals surface area contributed by atoms with E-state index in [0.717, 1.165) is 18.2 Å². The highest BCUT2D eigenvalue weighted by molar-refractivity contribution is 6.20. The molecular weight excluding hydrogens is 560 g/mol. The summed E-state index contributed by atoms with van der Waals surface area (Å²) in [5.74, 6) is -2.65. The number of pyridine rings is 1. The number of hydroxylamine groups is 1. The van der Waals surface area contributed by atoms with Gasteiger partial charge in [0, 0.05) is 48.9 Å². The number of nitrogens with one attached hydrogen (secondary N) is 4.